The Morgan fingerprint density at radius 2 is 2.05 bits per heavy atom. The molecule has 112 valence electrons. The molecule has 0 aliphatic carbocycles. The number of hydrogen-bond donors (Lipinski definition) is 1. The van der Waals surface area contributed by atoms with Crippen LogP contribution in [0.25, 0.3) is 0 Å². The van der Waals surface area contributed by atoms with Gasteiger partial charge in [0, 0.05) is 18.7 Å². The Morgan fingerprint density at radius 3 is 2.55 bits per heavy atom. The molecule has 0 saturated carbocycles. The van der Waals surface area contributed by atoms with E-state index in [2.05, 4.69) is 0 Å². The summed E-state index contributed by atoms with van der Waals surface area (Å²) in [5.74, 6) is 0.275. The summed E-state index contributed by atoms with van der Waals surface area (Å²) in [5.41, 5.74) is 6.97. The predicted molar refractivity (Wildman–Crippen MR) is 87.0 cm³/mol. The maximum Gasteiger partial charge on any atom is 0.218 e. The zero-order chi connectivity index (χ0) is 15.3. The van der Waals surface area contributed by atoms with Gasteiger partial charge in [0.05, 0.1) is 5.75 Å². The molecule has 0 atom stereocenters. The standard InChI is InChI=1S/C14H22N2O2S2/c1-4-16(9-11(2)3)20(17,18)10-12-6-5-7-13(8-12)14(15)19/h5-8,11H,4,9-10H2,1-3H3,(H2,15,19). The zero-order valence-corrected chi connectivity index (χ0v) is 13.8. The van der Waals surface area contributed by atoms with Gasteiger partial charge < -0.3 is 5.73 Å². The quantitative estimate of drug-likeness (QED) is 0.783. The molecule has 1 aromatic carbocycles. The first-order valence-corrected chi connectivity index (χ1v) is 8.64. The lowest BCUT2D eigenvalue weighted by atomic mass is 10.1. The maximum absolute atomic E-state index is 12.4. The van der Waals surface area contributed by atoms with Crippen molar-refractivity contribution in [2.24, 2.45) is 11.7 Å². The van der Waals surface area contributed by atoms with E-state index >= 15 is 0 Å². The summed E-state index contributed by atoms with van der Waals surface area (Å²) in [6.45, 7) is 6.88. The van der Waals surface area contributed by atoms with Crippen LogP contribution in [0.2, 0.25) is 0 Å². The zero-order valence-electron chi connectivity index (χ0n) is 12.2. The summed E-state index contributed by atoms with van der Waals surface area (Å²) in [6.07, 6.45) is 0. The van der Waals surface area contributed by atoms with Crippen LogP contribution < -0.4 is 5.73 Å². The van der Waals surface area contributed by atoms with Crippen LogP contribution in [0.15, 0.2) is 24.3 Å². The first-order chi connectivity index (χ1) is 9.26. The van der Waals surface area contributed by atoms with Crippen LogP contribution in [0.1, 0.15) is 31.9 Å². The Labute approximate surface area is 127 Å². The van der Waals surface area contributed by atoms with Gasteiger partial charge in [0.25, 0.3) is 0 Å². The number of thiocarbonyl (C=S) groups is 1. The molecular weight excluding hydrogens is 292 g/mol. The van der Waals surface area contributed by atoms with Crippen LogP contribution in [-0.2, 0) is 15.8 Å². The predicted octanol–water partition coefficient (Wildman–Crippen LogP) is 2.13. The Morgan fingerprint density at radius 1 is 1.40 bits per heavy atom. The number of benzene rings is 1. The number of hydrogen-bond acceptors (Lipinski definition) is 3. The van der Waals surface area contributed by atoms with Crippen LogP contribution in [0.4, 0.5) is 0 Å². The van der Waals surface area contributed by atoms with Gasteiger partial charge in [-0.3, -0.25) is 0 Å². The van der Waals surface area contributed by atoms with E-state index in [1.54, 1.807) is 24.3 Å². The number of rotatable bonds is 7. The Kier molecular flexibility index (Phi) is 6.10. The van der Waals surface area contributed by atoms with Gasteiger partial charge in [-0.15, -0.1) is 0 Å². The van der Waals surface area contributed by atoms with Crippen LogP contribution in [0, 0.1) is 5.92 Å². The molecule has 1 rings (SSSR count). The summed E-state index contributed by atoms with van der Waals surface area (Å²) in [4.78, 5) is 0.277. The third kappa shape index (κ3) is 4.85. The topological polar surface area (TPSA) is 63.4 Å². The van der Waals surface area contributed by atoms with Crippen molar-refractivity contribution in [1.29, 1.82) is 0 Å². The molecule has 0 aromatic heterocycles. The molecule has 0 bridgehead atoms. The molecule has 0 heterocycles. The van der Waals surface area contributed by atoms with Gasteiger partial charge >= 0.3 is 0 Å². The Balaban J connectivity index is 2.95. The molecule has 0 spiro atoms. The number of nitrogens with zero attached hydrogens (tertiary/aromatic N) is 1. The van der Waals surface area contributed by atoms with E-state index < -0.39 is 10.0 Å². The number of sulfonamides is 1. The highest BCUT2D eigenvalue weighted by Gasteiger charge is 2.21. The van der Waals surface area contributed by atoms with Gasteiger partial charge in [-0.1, -0.05) is 51.2 Å². The van der Waals surface area contributed by atoms with Gasteiger partial charge in [-0.2, -0.15) is 0 Å². The van der Waals surface area contributed by atoms with Crippen molar-refractivity contribution in [3.63, 3.8) is 0 Å². The fourth-order valence-electron chi connectivity index (χ4n) is 1.96. The lowest BCUT2D eigenvalue weighted by molar-refractivity contribution is 0.380. The second-order valence-electron chi connectivity index (χ2n) is 5.17. The summed E-state index contributed by atoms with van der Waals surface area (Å²) in [7, 11) is -3.31. The Hall–Kier alpha value is -0.980. The van der Waals surface area contributed by atoms with Crippen molar-refractivity contribution in [2.75, 3.05) is 13.1 Å². The summed E-state index contributed by atoms with van der Waals surface area (Å²) in [5, 5.41) is 0. The Bertz CT molecular complexity index is 568. The van der Waals surface area contributed by atoms with Crippen molar-refractivity contribution < 1.29 is 8.42 Å². The molecule has 1 aromatic rings. The monoisotopic (exact) mass is 314 g/mol. The second-order valence-corrected chi connectivity index (χ2v) is 7.57. The minimum absolute atomic E-state index is 0.0238. The molecule has 20 heavy (non-hydrogen) atoms. The molecule has 2 N–H and O–H groups in total. The minimum Gasteiger partial charge on any atom is -0.389 e. The summed E-state index contributed by atoms with van der Waals surface area (Å²) >= 11 is 4.91. The van der Waals surface area contributed by atoms with E-state index in [1.807, 2.05) is 20.8 Å². The molecule has 0 aliphatic rings. The minimum atomic E-state index is -3.31. The van der Waals surface area contributed by atoms with E-state index in [-0.39, 0.29) is 10.7 Å². The van der Waals surface area contributed by atoms with E-state index in [4.69, 9.17) is 18.0 Å². The lowest BCUT2D eigenvalue weighted by Gasteiger charge is -2.22. The highest BCUT2D eigenvalue weighted by atomic mass is 32.2. The number of nitrogens with two attached hydrogens (primary N) is 1. The molecule has 4 nitrogen and oxygen atoms in total. The van der Waals surface area contributed by atoms with E-state index in [0.717, 1.165) is 0 Å². The van der Waals surface area contributed by atoms with E-state index in [9.17, 15) is 8.42 Å². The fraction of sp³-hybridized carbons (Fsp3) is 0.500. The van der Waals surface area contributed by atoms with E-state index in [1.165, 1.54) is 4.31 Å². The van der Waals surface area contributed by atoms with Gasteiger partial charge in [-0.25, -0.2) is 12.7 Å². The van der Waals surface area contributed by atoms with Gasteiger partial charge in [0.15, 0.2) is 0 Å². The molecule has 0 aliphatic heterocycles. The SMILES string of the molecule is CCN(CC(C)C)S(=O)(=O)Cc1cccc(C(N)=S)c1. The van der Waals surface area contributed by atoms with Crippen molar-refractivity contribution in [1.82, 2.24) is 4.31 Å². The maximum atomic E-state index is 12.4. The van der Waals surface area contributed by atoms with Crippen LogP contribution in [-0.4, -0.2) is 30.8 Å². The van der Waals surface area contributed by atoms with Gasteiger partial charge in [0.1, 0.15) is 4.99 Å². The first kappa shape index (κ1) is 17.1. The van der Waals surface area contributed by atoms with Crippen molar-refractivity contribution in [3.05, 3.63) is 35.4 Å². The highest BCUT2D eigenvalue weighted by Crippen LogP contribution is 2.14. The molecule has 0 saturated heterocycles. The van der Waals surface area contributed by atoms with Gasteiger partial charge in [0.2, 0.25) is 10.0 Å². The second kappa shape index (κ2) is 7.15. The summed E-state index contributed by atoms with van der Waals surface area (Å²) in [6, 6.07) is 7.08. The molecule has 0 amide bonds. The first-order valence-electron chi connectivity index (χ1n) is 6.62. The van der Waals surface area contributed by atoms with Crippen molar-refractivity contribution in [2.45, 2.75) is 26.5 Å². The molecule has 6 heteroatoms. The van der Waals surface area contributed by atoms with Crippen molar-refractivity contribution >= 4 is 27.2 Å². The normalized spacial score (nSPS) is 12.1. The molecular formula is C14H22N2O2S2. The fourth-order valence-corrected chi connectivity index (χ4v) is 3.79. The molecule has 0 radical (unpaired) electrons. The average Bonchev–Trinajstić information content (AvgIpc) is 2.35. The van der Waals surface area contributed by atoms with Crippen LogP contribution in [0.5, 0.6) is 0 Å². The van der Waals surface area contributed by atoms with E-state index in [0.29, 0.717) is 30.1 Å². The highest BCUT2D eigenvalue weighted by molar-refractivity contribution is 7.88. The van der Waals surface area contributed by atoms with Crippen molar-refractivity contribution in [3.8, 4) is 0 Å². The third-order valence-electron chi connectivity index (χ3n) is 2.88. The third-order valence-corrected chi connectivity index (χ3v) is 5.00. The largest absolute Gasteiger partial charge is 0.389 e. The van der Waals surface area contributed by atoms with Crippen LogP contribution in [0.3, 0.4) is 0 Å². The molecule has 0 fully saturated rings. The summed E-state index contributed by atoms with van der Waals surface area (Å²) < 4.78 is 26.3. The smallest absolute Gasteiger partial charge is 0.218 e. The lowest BCUT2D eigenvalue weighted by Crippen LogP contribution is -2.35. The van der Waals surface area contributed by atoms with Gasteiger partial charge in [-0.05, 0) is 17.5 Å². The van der Waals surface area contributed by atoms with Crippen LogP contribution >= 0.6 is 12.2 Å². The molecule has 0 unspecified atom stereocenters. The average molecular weight is 314 g/mol.